The van der Waals surface area contributed by atoms with Crippen LogP contribution < -0.4 is 4.74 Å². The molecule has 0 atom stereocenters. The van der Waals surface area contributed by atoms with Crippen molar-refractivity contribution in [2.24, 2.45) is 0 Å². The molecule has 0 bridgehead atoms. The molecule has 0 radical (unpaired) electrons. The van der Waals surface area contributed by atoms with Gasteiger partial charge in [-0.05, 0) is 19.1 Å². The Morgan fingerprint density at radius 1 is 1.29 bits per heavy atom. The largest absolute Gasteiger partial charge is 0.485 e. The third-order valence-corrected chi connectivity index (χ3v) is 3.47. The van der Waals surface area contributed by atoms with E-state index in [0.717, 1.165) is 0 Å². The minimum absolute atomic E-state index is 0.0328. The predicted octanol–water partition coefficient (Wildman–Crippen LogP) is 3.34. The number of imidazole rings is 1. The zero-order chi connectivity index (χ0) is 17.4. The number of halogens is 3. The zero-order valence-electron chi connectivity index (χ0n) is 12.4. The molecule has 1 aromatic carbocycles. The van der Waals surface area contributed by atoms with Crippen LogP contribution in [0.4, 0.5) is 13.2 Å². The lowest BCUT2D eigenvalue weighted by Gasteiger charge is -2.09. The lowest BCUT2D eigenvalue weighted by molar-refractivity contribution is 0.0688. The quantitative estimate of drug-likeness (QED) is 0.794. The number of aromatic carboxylic acids is 1. The normalized spacial score (nSPS) is 11.0. The van der Waals surface area contributed by atoms with E-state index in [1.165, 1.54) is 29.7 Å². The van der Waals surface area contributed by atoms with Gasteiger partial charge in [0.15, 0.2) is 17.1 Å². The minimum Gasteiger partial charge on any atom is -0.485 e. The van der Waals surface area contributed by atoms with Crippen molar-refractivity contribution in [3.63, 3.8) is 0 Å². The lowest BCUT2D eigenvalue weighted by atomic mass is 10.2. The Bertz CT molecular complexity index is 930. The summed E-state index contributed by atoms with van der Waals surface area (Å²) in [5.41, 5.74) is 0.0164. The SMILES string of the molecule is Cc1nc2c(OCc3c(F)cc(F)cc3F)cccn2c1C(=O)O. The van der Waals surface area contributed by atoms with Crippen LogP contribution in [0.25, 0.3) is 5.65 Å². The molecular weight excluding hydrogens is 325 g/mol. The van der Waals surface area contributed by atoms with E-state index in [-0.39, 0.29) is 22.8 Å². The third kappa shape index (κ3) is 2.66. The number of carboxylic acids is 1. The van der Waals surface area contributed by atoms with Gasteiger partial charge in [0.05, 0.1) is 11.3 Å². The Balaban J connectivity index is 1.97. The second kappa shape index (κ2) is 5.88. The molecular formula is C16H11F3N2O3. The van der Waals surface area contributed by atoms with Crippen molar-refractivity contribution in [3.05, 3.63) is 64.9 Å². The first-order chi connectivity index (χ1) is 11.4. The van der Waals surface area contributed by atoms with Crippen LogP contribution in [-0.4, -0.2) is 20.5 Å². The molecule has 0 saturated heterocycles. The van der Waals surface area contributed by atoms with E-state index in [9.17, 15) is 23.1 Å². The second-order valence-corrected chi connectivity index (χ2v) is 5.05. The number of fused-ring (bicyclic) bond motifs is 1. The highest BCUT2D eigenvalue weighted by atomic mass is 19.1. The molecule has 0 aliphatic heterocycles. The summed E-state index contributed by atoms with van der Waals surface area (Å²) in [4.78, 5) is 15.4. The van der Waals surface area contributed by atoms with E-state index < -0.39 is 35.6 Å². The second-order valence-electron chi connectivity index (χ2n) is 5.05. The number of hydrogen-bond donors (Lipinski definition) is 1. The van der Waals surface area contributed by atoms with Gasteiger partial charge in [0.2, 0.25) is 0 Å². The molecule has 0 spiro atoms. The van der Waals surface area contributed by atoms with Crippen LogP contribution in [0.5, 0.6) is 5.75 Å². The summed E-state index contributed by atoms with van der Waals surface area (Å²) in [6, 6.07) is 4.13. The van der Waals surface area contributed by atoms with Gasteiger partial charge in [-0.15, -0.1) is 0 Å². The highest BCUT2D eigenvalue weighted by molar-refractivity contribution is 5.88. The van der Waals surface area contributed by atoms with E-state index in [1.807, 2.05) is 0 Å². The van der Waals surface area contributed by atoms with E-state index in [0.29, 0.717) is 12.1 Å². The lowest BCUT2D eigenvalue weighted by Crippen LogP contribution is -2.05. The maximum absolute atomic E-state index is 13.6. The Labute approximate surface area is 133 Å². The standard InChI is InChI=1S/C16H11F3N2O3/c1-8-14(16(22)23)21-4-2-3-13(15(21)20-8)24-7-10-11(18)5-9(17)6-12(10)19/h2-6H,7H2,1H3,(H,22,23). The van der Waals surface area contributed by atoms with Crippen LogP contribution in [-0.2, 0) is 6.61 Å². The summed E-state index contributed by atoms with van der Waals surface area (Å²) in [7, 11) is 0. The van der Waals surface area contributed by atoms with Crippen molar-refractivity contribution >= 4 is 11.6 Å². The topological polar surface area (TPSA) is 63.8 Å². The first-order valence-electron chi connectivity index (χ1n) is 6.85. The van der Waals surface area contributed by atoms with Crippen LogP contribution in [0.15, 0.2) is 30.5 Å². The number of aromatic nitrogens is 2. The van der Waals surface area contributed by atoms with Gasteiger partial charge < -0.3 is 9.84 Å². The number of carboxylic acid groups (broad SMARTS) is 1. The molecule has 3 rings (SSSR count). The van der Waals surface area contributed by atoms with E-state index in [2.05, 4.69) is 4.98 Å². The minimum atomic E-state index is -1.16. The fourth-order valence-electron chi connectivity index (χ4n) is 2.39. The van der Waals surface area contributed by atoms with E-state index in [4.69, 9.17) is 4.74 Å². The summed E-state index contributed by atoms with van der Waals surface area (Å²) in [6.07, 6.45) is 1.49. The average molecular weight is 336 g/mol. The van der Waals surface area contributed by atoms with Crippen LogP contribution in [0.2, 0.25) is 0 Å². The molecule has 2 heterocycles. The van der Waals surface area contributed by atoms with Crippen LogP contribution in [0, 0.1) is 24.4 Å². The number of ether oxygens (including phenoxy) is 1. The van der Waals surface area contributed by atoms with Gasteiger partial charge in [-0.1, -0.05) is 0 Å². The maximum atomic E-state index is 13.6. The molecule has 0 fully saturated rings. The molecule has 3 aromatic rings. The molecule has 8 heteroatoms. The Morgan fingerprint density at radius 3 is 2.58 bits per heavy atom. The summed E-state index contributed by atoms with van der Waals surface area (Å²) in [6.45, 7) is 1.03. The summed E-state index contributed by atoms with van der Waals surface area (Å²) in [5, 5.41) is 9.21. The first kappa shape index (κ1) is 15.9. The van der Waals surface area contributed by atoms with Crippen molar-refractivity contribution in [2.75, 3.05) is 0 Å². The third-order valence-electron chi connectivity index (χ3n) is 3.47. The average Bonchev–Trinajstić information content (AvgIpc) is 2.82. The number of carbonyl (C=O) groups is 1. The molecule has 0 amide bonds. The molecule has 0 aliphatic rings. The predicted molar refractivity (Wildman–Crippen MR) is 77.5 cm³/mol. The summed E-state index contributed by atoms with van der Waals surface area (Å²) >= 11 is 0. The smallest absolute Gasteiger partial charge is 0.354 e. The first-order valence-corrected chi connectivity index (χ1v) is 6.85. The molecule has 0 aliphatic carbocycles. The molecule has 0 unspecified atom stereocenters. The summed E-state index contributed by atoms with van der Waals surface area (Å²) in [5.74, 6) is -4.16. The fourth-order valence-corrected chi connectivity index (χ4v) is 2.39. The molecule has 24 heavy (non-hydrogen) atoms. The van der Waals surface area contributed by atoms with Crippen molar-refractivity contribution < 1.29 is 27.8 Å². The highest BCUT2D eigenvalue weighted by Gasteiger charge is 2.18. The van der Waals surface area contributed by atoms with Crippen molar-refractivity contribution in [3.8, 4) is 5.75 Å². The Morgan fingerprint density at radius 2 is 1.96 bits per heavy atom. The van der Waals surface area contributed by atoms with Gasteiger partial charge >= 0.3 is 5.97 Å². The Hall–Kier alpha value is -3.03. The molecule has 2 aromatic heterocycles. The molecule has 1 N–H and O–H groups in total. The van der Waals surface area contributed by atoms with Crippen molar-refractivity contribution in [1.29, 1.82) is 0 Å². The Kier molecular flexibility index (Phi) is 3.88. The van der Waals surface area contributed by atoms with Crippen molar-refractivity contribution in [1.82, 2.24) is 9.38 Å². The summed E-state index contributed by atoms with van der Waals surface area (Å²) < 4.78 is 46.9. The van der Waals surface area contributed by atoms with Crippen LogP contribution in [0.3, 0.4) is 0 Å². The highest BCUT2D eigenvalue weighted by Crippen LogP contribution is 2.24. The van der Waals surface area contributed by atoms with Crippen LogP contribution in [0.1, 0.15) is 21.7 Å². The number of hydrogen-bond acceptors (Lipinski definition) is 3. The molecule has 0 saturated carbocycles. The number of benzene rings is 1. The zero-order valence-corrected chi connectivity index (χ0v) is 12.4. The van der Waals surface area contributed by atoms with E-state index in [1.54, 1.807) is 0 Å². The number of aryl methyl sites for hydroxylation is 1. The van der Waals surface area contributed by atoms with Crippen molar-refractivity contribution in [2.45, 2.75) is 13.5 Å². The van der Waals surface area contributed by atoms with Gasteiger partial charge in [-0.2, -0.15) is 0 Å². The molecule has 124 valence electrons. The van der Waals surface area contributed by atoms with Crippen LogP contribution >= 0.6 is 0 Å². The van der Waals surface area contributed by atoms with Gasteiger partial charge in [-0.3, -0.25) is 4.40 Å². The van der Waals surface area contributed by atoms with E-state index >= 15 is 0 Å². The van der Waals surface area contributed by atoms with Gasteiger partial charge in [-0.25, -0.2) is 22.9 Å². The number of rotatable bonds is 4. The fraction of sp³-hybridized carbons (Fsp3) is 0.125. The monoisotopic (exact) mass is 336 g/mol. The van der Waals surface area contributed by atoms with Gasteiger partial charge in [0.1, 0.15) is 24.1 Å². The van der Waals surface area contributed by atoms with Gasteiger partial charge in [0, 0.05) is 18.3 Å². The number of nitrogens with zero attached hydrogens (tertiary/aromatic N) is 2. The molecule has 5 nitrogen and oxygen atoms in total. The van der Waals surface area contributed by atoms with Gasteiger partial charge in [0.25, 0.3) is 0 Å². The number of pyridine rings is 1. The maximum Gasteiger partial charge on any atom is 0.354 e.